The molecule has 4 heteroatoms. The van der Waals surface area contributed by atoms with Crippen LogP contribution in [0.25, 0.3) is 0 Å². The van der Waals surface area contributed by atoms with Gasteiger partial charge in [0.2, 0.25) is 5.88 Å². The Morgan fingerprint density at radius 2 is 1.65 bits per heavy atom. The molecule has 90 valence electrons. The lowest BCUT2D eigenvalue weighted by Gasteiger charge is -2.16. The maximum atomic E-state index is 11.6. The third-order valence-corrected chi connectivity index (χ3v) is 2.98. The molecule has 17 heavy (non-hydrogen) atoms. The van der Waals surface area contributed by atoms with Crippen LogP contribution in [0.2, 0.25) is 0 Å². The standard InChI is InChI=1S/C13H15NO3/c1-7-5-11(6-8(2)12(7)15)13-14(16)9(3)10(4)17-13/h5-6,16H,1-4H3. The van der Waals surface area contributed by atoms with E-state index in [0.717, 1.165) is 5.06 Å². The molecule has 0 radical (unpaired) electrons. The van der Waals surface area contributed by atoms with Crippen molar-refractivity contribution in [2.45, 2.75) is 27.7 Å². The lowest BCUT2D eigenvalue weighted by molar-refractivity contribution is -0.112. The molecule has 0 saturated carbocycles. The predicted octanol–water partition coefficient (Wildman–Crippen LogP) is 2.65. The SMILES string of the molecule is CC1=CC(=C2OC(C)=C(C)N2O)C=C(C)C1=O. The Balaban J connectivity index is 2.47. The average molecular weight is 233 g/mol. The summed E-state index contributed by atoms with van der Waals surface area (Å²) < 4.78 is 5.49. The van der Waals surface area contributed by atoms with Crippen molar-refractivity contribution in [3.63, 3.8) is 0 Å². The van der Waals surface area contributed by atoms with Gasteiger partial charge in [-0.15, -0.1) is 0 Å². The fraction of sp³-hybridized carbons (Fsp3) is 0.308. The minimum absolute atomic E-state index is 0.0261. The summed E-state index contributed by atoms with van der Waals surface area (Å²) in [7, 11) is 0. The lowest BCUT2D eigenvalue weighted by Crippen LogP contribution is -2.15. The number of carbonyl (C=O) groups is 1. The topological polar surface area (TPSA) is 49.8 Å². The summed E-state index contributed by atoms with van der Waals surface area (Å²) in [6.45, 7) is 7.06. The van der Waals surface area contributed by atoms with Crippen LogP contribution in [-0.2, 0) is 9.53 Å². The summed E-state index contributed by atoms with van der Waals surface area (Å²) in [6.07, 6.45) is 3.44. The Morgan fingerprint density at radius 1 is 1.12 bits per heavy atom. The van der Waals surface area contributed by atoms with Gasteiger partial charge < -0.3 is 4.74 Å². The van der Waals surface area contributed by atoms with Crippen LogP contribution in [0.4, 0.5) is 0 Å². The third kappa shape index (κ3) is 1.80. The first-order valence-corrected chi connectivity index (χ1v) is 5.41. The van der Waals surface area contributed by atoms with Gasteiger partial charge >= 0.3 is 0 Å². The number of hydrogen-bond donors (Lipinski definition) is 1. The second-order valence-corrected chi connectivity index (χ2v) is 4.30. The monoisotopic (exact) mass is 233 g/mol. The van der Waals surface area contributed by atoms with Gasteiger partial charge in [0.25, 0.3) is 0 Å². The molecule has 0 aromatic carbocycles. The number of allylic oxidation sites excluding steroid dienone is 7. The van der Waals surface area contributed by atoms with E-state index in [1.54, 1.807) is 39.8 Å². The van der Waals surface area contributed by atoms with E-state index in [1.807, 2.05) is 0 Å². The van der Waals surface area contributed by atoms with Crippen molar-refractivity contribution < 1.29 is 14.7 Å². The van der Waals surface area contributed by atoms with Crippen LogP contribution in [0.15, 0.2) is 46.2 Å². The molecule has 0 amide bonds. The quantitative estimate of drug-likeness (QED) is 0.698. The zero-order valence-corrected chi connectivity index (χ0v) is 10.4. The molecule has 0 aromatic rings. The van der Waals surface area contributed by atoms with Crippen LogP contribution in [0.5, 0.6) is 0 Å². The number of nitrogens with zero attached hydrogens (tertiary/aromatic N) is 1. The van der Waals surface area contributed by atoms with E-state index in [0.29, 0.717) is 34.1 Å². The van der Waals surface area contributed by atoms with Gasteiger partial charge in [-0.25, -0.2) is 0 Å². The van der Waals surface area contributed by atoms with Gasteiger partial charge in [-0.1, -0.05) is 0 Å². The van der Waals surface area contributed by atoms with E-state index >= 15 is 0 Å². The van der Waals surface area contributed by atoms with E-state index in [1.165, 1.54) is 0 Å². The molecule has 1 aliphatic heterocycles. The van der Waals surface area contributed by atoms with Crippen LogP contribution >= 0.6 is 0 Å². The number of ether oxygens (including phenoxy) is 1. The van der Waals surface area contributed by atoms with Crippen molar-refractivity contribution in [2.24, 2.45) is 0 Å². The molecular weight excluding hydrogens is 218 g/mol. The van der Waals surface area contributed by atoms with E-state index in [4.69, 9.17) is 4.74 Å². The molecule has 0 bridgehead atoms. The zero-order valence-electron chi connectivity index (χ0n) is 10.4. The van der Waals surface area contributed by atoms with Crippen molar-refractivity contribution in [3.8, 4) is 0 Å². The maximum absolute atomic E-state index is 11.6. The Morgan fingerprint density at radius 3 is 2.06 bits per heavy atom. The van der Waals surface area contributed by atoms with Crippen molar-refractivity contribution in [3.05, 3.63) is 46.2 Å². The van der Waals surface area contributed by atoms with Gasteiger partial charge in [0.05, 0.1) is 5.70 Å². The van der Waals surface area contributed by atoms with Gasteiger partial charge in [0.1, 0.15) is 5.76 Å². The highest BCUT2D eigenvalue weighted by atomic mass is 16.6. The fourth-order valence-corrected chi connectivity index (χ4v) is 1.82. The lowest BCUT2D eigenvalue weighted by atomic mass is 9.96. The highest BCUT2D eigenvalue weighted by Crippen LogP contribution is 2.31. The van der Waals surface area contributed by atoms with Crippen LogP contribution in [0.3, 0.4) is 0 Å². The first-order chi connectivity index (χ1) is 7.91. The van der Waals surface area contributed by atoms with Crippen molar-refractivity contribution in [1.29, 1.82) is 0 Å². The highest BCUT2D eigenvalue weighted by Gasteiger charge is 2.26. The molecule has 2 aliphatic rings. The highest BCUT2D eigenvalue weighted by molar-refractivity contribution is 6.09. The molecule has 0 saturated heterocycles. The molecule has 2 rings (SSSR count). The first kappa shape index (κ1) is 11.7. The third-order valence-electron chi connectivity index (χ3n) is 2.98. The Kier molecular flexibility index (Phi) is 2.67. The normalized spacial score (nSPS) is 20.8. The minimum Gasteiger partial charge on any atom is -0.441 e. The smallest absolute Gasteiger partial charge is 0.231 e. The van der Waals surface area contributed by atoms with E-state index in [-0.39, 0.29) is 5.78 Å². The zero-order chi connectivity index (χ0) is 12.7. The van der Waals surface area contributed by atoms with E-state index in [9.17, 15) is 10.0 Å². The maximum Gasteiger partial charge on any atom is 0.231 e. The van der Waals surface area contributed by atoms with Crippen LogP contribution < -0.4 is 0 Å². The number of carbonyl (C=O) groups excluding carboxylic acids is 1. The largest absolute Gasteiger partial charge is 0.441 e. The molecule has 0 atom stereocenters. The summed E-state index contributed by atoms with van der Waals surface area (Å²) in [6, 6.07) is 0. The van der Waals surface area contributed by atoms with Gasteiger partial charge in [0.15, 0.2) is 5.78 Å². The molecule has 0 fully saturated rings. The molecule has 4 nitrogen and oxygen atoms in total. The molecular formula is C13H15NO3. The van der Waals surface area contributed by atoms with Crippen molar-refractivity contribution in [2.75, 3.05) is 0 Å². The van der Waals surface area contributed by atoms with Crippen molar-refractivity contribution >= 4 is 5.78 Å². The molecule has 1 aliphatic carbocycles. The first-order valence-electron chi connectivity index (χ1n) is 5.41. The summed E-state index contributed by atoms with van der Waals surface area (Å²) >= 11 is 0. The Bertz CT molecular complexity index is 497. The van der Waals surface area contributed by atoms with Crippen LogP contribution in [-0.4, -0.2) is 16.1 Å². The predicted molar refractivity (Wildman–Crippen MR) is 62.6 cm³/mol. The summed E-state index contributed by atoms with van der Waals surface area (Å²) in [5.41, 5.74) is 2.65. The number of ketones is 1. The minimum atomic E-state index is 0.0261. The van der Waals surface area contributed by atoms with E-state index in [2.05, 4.69) is 0 Å². The van der Waals surface area contributed by atoms with Gasteiger partial charge in [0, 0.05) is 5.57 Å². The van der Waals surface area contributed by atoms with Gasteiger partial charge in [-0.2, -0.15) is 5.06 Å². The number of rotatable bonds is 0. The van der Waals surface area contributed by atoms with E-state index < -0.39 is 0 Å². The second-order valence-electron chi connectivity index (χ2n) is 4.30. The second kappa shape index (κ2) is 3.89. The molecule has 0 aromatic heterocycles. The van der Waals surface area contributed by atoms with Crippen LogP contribution in [0, 0.1) is 0 Å². The average Bonchev–Trinajstić information content (AvgIpc) is 2.53. The molecule has 0 spiro atoms. The summed E-state index contributed by atoms with van der Waals surface area (Å²) in [5, 5.41) is 10.9. The number of Topliss-reactive ketones (excluding diaryl/α,β-unsaturated/α-hetero) is 1. The molecule has 1 heterocycles. The Hall–Kier alpha value is -1.81. The van der Waals surface area contributed by atoms with Gasteiger partial charge in [-0.05, 0) is 51.0 Å². The molecule has 0 unspecified atom stereocenters. The summed E-state index contributed by atoms with van der Waals surface area (Å²) in [4.78, 5) is 11.6. The number of hydroxylamine groups is 2. The Labute approximate surface area is 100 Å². The summed E-state index contributed by atoms with van der Waals surface area (Å²) in [5.74, 6) is 1.04. The number of hydrogen-bond acceptors (Lipinski definition) is 4. The molecule has 1 N–H and O–H groups in total. The van der Waals surface area contributed by atoms with Crippen molar-refractivity contribution in [1.82, 2.24) is 5.06 Å². The van der Waals surface area contributed by atoms with Crippen LogP contribution in [0.1, 0.15) is 27.7 Å². The fourth-order valence-electron chi connectivity index (χ4n) is 1.82. The van der Waals surface area contributed by atoms with Gasteiger partial charge in [-0.3, -0.25) is 10.0 Å².